The quantitative estimate of drug-likeness (QED) is 0.722. The summed E-state index contributed by atoms with van der Waals surface area (Å²) in [6, 6.07) is 15.4. The van der Waals surface area contributed by atoms with Crippen LogP contribution in [0.5, 0.6) is 5.75 Å². The maximum absolute atomic E-state index is 12.8. The molecule has 2 rings (SSSR count). The third-order valence-corrected chi connectivity index (χ3v) is 5.65. The Morgan fingerprint density at radius 3 is 2.26 bits per heavy atom. The third-order valence-electron chi connectivity index (χ3n) is 3.73. The topological polar surface area (TPSA) is 38.7 Å². The highest BCUT2D eigenvalue weighted by Crippen LogP contribution is 2.21. The van der Waals surface area contributed by atoms with Crippen LogP contribution in [0.1, 0.15) is 25.8 Å². The zero-order valence-corrected chi connectivity index (χ0v) is 14.9. The van der Waals surface area contributed by atoms with Gasteiger partial charge in [-0.3, -0.25) is 9.20 Å². The first-order valence-corrected chi connectivity index (χ1v) is 8.93. The highest BCUT2D eigenvalue weighted by molar-refractivity contribution is 7.86. The van der Waals surface area contributed by atoms with E-state index in [-0.39, 0.29) is 5.25 Å². The average molecular weight is 329 g/mol. The molecule has 0 aliphatic carbocycles. The molecule has 3 nitrogen and oxygen atoms in total. The molecule has 2 aromatic carbocycles. The molecule has 0 radical (unpaired) electrons. The number of aliphatic imine (C=N–C) groups is 1. The van der Waals surface area contributed by atoms with E-state index in [1.165, 1.54) is 5.56 Å². The van der Waals surface area contributed by atoms with E-state index < -0.39 is 10.8 Å². The minimum atomic E-state index is -1.09. The predicted octanol–water partition coefficient (Wildman–Crippen LogP) is 4.68. The molecule has 4 heteroatoms. The van der Waals surface area contributed by atoms with Crippen molar-refractivity contribution < 1.29 is 8.95 Å². The smallest absolute Gasteiger partial charge is 0.119 e. The molecular formula is C19H23NO2S. The zero-order valence-electron chi connectivity index (χ0n) is 14.1. The van der Waals surface area contributed by atoms with Gasteiger partial charge in [0.1, 0.15) is 5.75 Å². The predicted molar refractivity (Wildman–Crippen MR) is 97.4 cm³/mol. The number of aryl methyl sites for hydroxylation is 1. The molecule has 0 fully saturated rings. The van der Waals surface area contributed by atoms with Crippen LogP contribution < -0.4 is 4.74 Å². The van der Waals surface area contributed by atoms with E-state index in [1.807, 2.05) is 69.3 Å². The van der Waals surface area contributed by atoms with E-state index >= 15 is 0 Å². The van der Waals surface area contributed by atoms with Crippen molar-refractivity contribution in [2.24, 2.45) is 4.99 Å². The Morgan fingerprint density at radius 2 is 1.74 bits per heavy atom. The summed E-state index contributed by atoms with van der Waals surface area (Å²) in [5.74, 6) is 0.803. The molecule has 0 aromatic heterocycles. The number of hydrogen-bond donors (Lipinski definition) is 0. The van der Waals surface area contributed by atoms with Gasteiger partial charge in [0, 0.05) is 10.6 Å². The van der Waals surface area contributed by atoms with Gasteiger partial charge in [0.2, 0.25) is 0 Å². The van der Waals surface area contributed by atoms with Crippen molar-refractivity contribution in [3.05, 3.63) is 54.1 Å². The largest absolute Gasteiger partial charge is 0.497 e. The lowest BCUT2D eigenvalue weighted by molar-refractivity contribution is 0.415. The van der Waals surface area contributed by atoms with E-state index in [9.17, 15) is 4.21 Å². The van der Waals surface area contributed by atoms with Crippen LogP contribution in [0.3, 0.4) is 0 Å². The summed E-state index contributed by atoms with van der Waals surface area (Å²) in [5.41, 5.74) is 2.90. The van der Waals surface area contributed by atoms with Crippen LogP contribution in [0.2, 0.25) is 0 Å². The van der Waals surface area contributed by atoms with Gasteiger partial charge in [-0.1, -0.05) is 24.6 Å². The molecule has 0 aliphatic rings. The van der Waals surface area contributed by atoms with Crippen molar-refractivity contribution in [3.8, 4) is 5.75 Å². The number of benzene rings is 2. The molecule has 0 heterocycles. The summed E-state index contributed by atoms with van der Waals surface area (Å²) in [4.78, 5) is 5.49. The van der Waals surface area contributed by atoms with E-state index in [0.29, 0.717) is 0 Å². The van der Waals surface area contributed by atoms with Crippen LogP contribution in [0.25, 0.3) is 0 Å². The molecule has 0 spiro atoms. The minimum absolute atomic E-state index is 0.0835. The van der Waals surface area contributed by atoms with Crippen molar-refractivity contribution in [1.82, 2.24) is 0 Å². The molecule has 122 valence electrons. The molecule has 0 amide bonds. The highest BCUT2D eigenvalue weighted by Gasteiger charge is 2.19. The molecule has 0 bridgehead atoms. The Bertz CT molecular complexity index is 690. The summed E-state index contributed by atoms with van der Waals surface area (Å²) < 4.78 is 18.0. The van der Waals surface area contributed by atoms with Gasteiger partial charge in [-0.2, -0.15) is 0 Å². The molecule has 0 saturated carbocycles. The van der Waals surface area contributed by atoms with Gasteiger partial charge in [0.05, 0.1) is 28.8 Å². The van der Waals surface area contributed by atoms with Gasteiger partial charge in [0.15, 0.2) is 0 Å². The summed E-state index contributed by atoms with van der Waals surface area (Å²) in [5, 5.41) is -0.0835. The van der Waals surface area contributed by atoms with Crippen LogP contribution in [-0.2, 0) is 10.8 Å². The molecular weight excluding hydrogens is 306 g/mol. The van der Waals surface area contributed by atoms with Crippen molar-refractivity contribution in [3.63, 3.8) is 0 Å². The summed E-state index contributed by atoms with van der Waals surface area (Å²) in [6.07, 6.45) is 0.784. The van der Waals surface area contributed by atoms with Gasteiger partial charge in [-0.05, 0) is 56.7 Å². The van der Waals surface area contributed by atoms with Crippen molar-refractivity contribution in [2.45, 2.75) is 37.3 Å². The van der Waals surface area contributed by atoms with Crippen LogP contribution in [0.15, 0.2) is 58.4 Å². The number of rotatable bonds is 6. The highest BCUT2D eigenvalue weighted by atomic mass is 32.2. The second kappa shape index (κ2) is 8.06. The Hall–Kier alpha value is -1.94. The van der Waals surface area contributed by atoms with E-state index in [2.05, 4.69) is 4.99 Å². The summed E-state index contributed by atoms with van der Waals surface area (Å²) in [6.45, 7) is 6.02. The number of methoxy groups -OCH3 is 1. The fourth-order valence-corrected chi connectivity index (χ4v) is 3.77. The lowest BCUT2D eigenvalue weighted by Gasteiger charge is -2.15. The van der Waals surface area contributed by atoms with Crippen LogP contribution >= 0.6 is 0 Å². The number of hydrogen-bond acceptors (Lipinski definition) is 3. The first-order chi connectivity index (χ1) is 11.0. The Balaban J connectivity index is 2.22. The van der Waals surface area contributed by atoms with E-state index in [0.717, 1.165) is 28.5 Å². The third kappa shape index (κ3) is 4.52. The molecule has 0 aliphatic heterocycles. The first-order valence-electron chi connectivity index (χ1n) is 7.71. The molecule has 0 N–H and O–H groups in total. The minimum Gasteiger partial charge on any atom is -0.497 e. The first kappa shape index (κ1) is 17.4. The number of nitrogens with zero attached hydrogens (tertiary/aromatic N) is 1. The average Bonchev–Trinajstić information content (AvgIpc) is 2.56. The van der Waals surface area contributed by atoms with E-state index in [1.54, 1.807) is 7.11 Å². The lowest BCUT2D eigenvalue weighted by Crippen LogP contribution is -2.23. The van der Waals surface area contributed by atoms with Crippen LogP contribution in [-0.4, -0.2) is 22.3 Å². The molecule has 2 aromatic rings. The Labute approximate surface area is 140 Å². The zero-order chi connectivity index (χ0) is 16.8. The van der Waals surface area contributed by atoms with Crippen LogP contribution in [0, 0.1) is 6.92 Å². The second-order valence-electron chi connectivity index (χ2n) is 5.46. The molecule has 1 unspecified atom stereocenters. The van der Waals surface area contributed by atoms with Crippen molar-refractivity contribution in [1.29, 1.82) is 0 Å². The maximum atomic E-state index is 12.8. The van der Waals surface area contributed by atoms with Crippen molar-refractivity contribution in [2.75, 3.05) is 7.11 Å². The Kier molecular flexibility index (Phi) is 6.11. The summed E-state index contributed by atoms with van der Waals surface area (Å²) in [7, 11) is 0.546. The standard InChI is InChI=1S/C19H23NO2S/c1-5-19(23(21)18-12-6-14(2)7-13-18)15(3)20-16-8-10-17(22-4)11-9-16/h6-13,19H,5H2,1-4H3/t19-,23?/m1/s1. The van der Waals surface area contributed by atoms with Gasteiger partial charge in [-0.25, -0.2) is 0 Å². The maximum Gasteiger partial charge on any atom is 0.119 e. The Morgan fingerprint density at radius 1 is 1.13 bits per heavy atom. The second-order valence-corrected chi connectivity index (χ2v) is 7.09. The van der Waals surface area contributed by atoms with Gasteiger partial charge < -0.3 is 4.74 Å². The van der Waals surface area contributed by atoms with Crippen molar-refractivity contribution >= 4 is 22.2 Å². The fraction of sp³-hybridized carbons (Fsp3) is 0.316. The molecule has 2 atom stereocenters. The van der Waals surface area contributed by atoms with Crippen LogP contribution in [0.4, 0.5) is 5.69 Å². The van der Waals surface area contributed by atoms with Gasteiger partial charge in [-0.15, -0.1) is 0 Å². The van der Waals surface area contributed by atoms with Gasteiger partial charge in [0.25, 0.3) is 0 Å². The lowest BCUT2D eigenvalue weighted by atomic mass is 10.2. The fourth-order valence-electron chi connectivity index (χ4n) is 2.37. The number of ether oxygens (including phenoxy) is 1. The summed E-state index contributed by atoms with van der Waals surface area (Å²) >= 11 is 0. The van der Waals surface area contributed by atoms with Gasteiger partial charge >= 0.3 is 0 Å². The normalized spacial score (nSPS) is 14.3. The molecule has 23 heavy (non-hydrogen) atoms. The SMILES string of the molecule is CC[C@H](C(C)=Nc1ccc(OC)cc1)S(=O)c1ccc(C)cc1. The monoisotopic (exact) mass is 329 g/mol. The molecule has 0 saturated heterocycles. The van der Waals surface area contributed by atoms with E-state index in [4.69, 9.17) is 4.74 Å².